The Labute approximate surface area is 183 Å². The molecular weight excluding hydrogens is 425 g/mol. The number of unbranched alkanes of at least 4 members (excludes halogenated alkanes) is 1. The minimum Gasteiger partial charge on any atom is -0.489 e. The smallest absolute Gasteiger partial charge is 0.424 e. The van der Waals surface area contributed by atoms with Gasteiger partial charge in [-0.15, -0.1) is 0 Å². The van der Waals surface area contributed by atoms with E-state index in [-0.39, 0.29) is 18.3 Å². The molecule has 0 bridgehead atoms. The van der Waals surface area contributed by atoms with E-state index >= 15 is 0 Å². The first kappa shape index (κ1) is 22.7. The van der Waals surface area contributed by atoms with E-state index in [0.29, 0.717) is 27.9 Å². The zero-order valence-electron chi connectivity index (χ0n) is 17.0. The predicted octanol–water partition coefficient (Wildman–Crippen LogP) is 5.13. The first-order chi connectivity index (χ1) is 14.8. The number of carbonyl (C=O) groups is 1. The van der Waals surface area contributed by atoms with Gasteiger partial charge in [-0.1, -0.05) is 44.2 Å². The maximum atomic E-state index is 13.5. The minimum atomic E-state index is -4.57. The molecule has 0 unspecified atom stereocenters. The Morgan fingerprint density at radius 1 is 1.23 bits per heavy atom. The van der Waals surface area contributed by atoms with Crippen LogP contribution in [0.15, 0.2) is 61.2 Å². The average Bonchev–Trinajstić information content (AvgIpc) is 2.73. The van der Waals surface area contributed by atoms with Crippen molar-refractivity contribution in [2.75, 3.05) is 13.2 Å². The van der Waals surface area contributed by atoms with Crippen LogP contribution in [0, 0.1) is 0 Å². The van der Waals surface area contributed by atoms with E-state index in [9.17, 15) is 18.0 Å². The lowest BCUT2D eigenvalue weighted by Gasteiger charge is -2.17. The van der Waals surface area contributed by atoms with Crippen LogP contribution in [0.5, 0.6) is 5.75 Å². The van der Waals surface area contributed by atoms with Gasteiger partial charge in [0.1, 0.15) is 12.4 Å². The number of hydrogen-bond acceptors (Lipinski definition) is 3. The zero-order chi connectivity index (χ0) is 22.4. The van der Waals surface area contributed by atoms with Crippen molar-refractivity contribution in [3.05, 3.63) is 77.9 Å². The van der Waals surface area contributed by atoms with E-state index in [1.165, 1.54) is 30.0 Å². The second kappa shape index (κ2) is 9.90. The molecule has 0 spiro atoms. The van der Waals surface area contributed by atoms with Gasteiger partial charge in [-0.2, -0.15) is 22.7 Å². The molecule has 0 N–H and O–H groups in total. The van der Waals surface area contributed by atoms with E-state index in [2.05, 4.69) is 11.2 Å². The highest BCUT2D eigenvalue weighted by atomic mass is 32.2. The van der Waals surface area contributed by atoms with Crippen LogP contribution >= 0.6 is 11.8 Å². The van der Waals surface area contributed by atoms with Gasteiger partial charge >= 0.3 is 17.3 Å². The van der Waals surface area contributed by atoms with Crippen molar-refractivity contribution in [2.24, 2.45) is 0 Å². The summed E-state index contributed by atoms with van der Waals surface area (Å²) in [4.78, 5) is 14.5. The van der Waals surface area contributed by atoms with Crippen molar-refractivity contribution in [2.45, 2.75) is 25.9 Å². The fourth-order valence-corrected chi connectivity index (χ4v) is 3.75. The second-order valence-electron chi connectivity index (χ2n) is 6.79. The van der Waals surface area contributed by atoms with E-state index in [4.69, 9.17) is 4.74 Å². The highest BCUT2D eigenvalue weighted by molar-refractivity contribution is 8.28. The third-order valence-electron chi connectivity index (χ3n) is 4.51. The molecule has 0 aromatic heterocycles. The molecule has 1 amide bonds. The monoisotopic (exact) mass is 447 g/mol. The van der Waals surface area contributed by atoms with Crippen molar-refractivity contribution in [1.29, 1.82) is 0 Å². The third kappa shape index (κ3) is 5.40. The predicted molar refractivity (Wildman–Crippen MR) is 118 cm³/mol. The number of carbonyl (C=O) groups excluding carboxylic acids is 1. The molecule has 8 heteroatoms. The normalized spacial score (nSPS) is 13.0. The second-order valence-corrected chi connectivity index (χ2v) is 7.74. The summed E-state index contributed by atoms with van der Waals surface area (Å²) in [6, 6.07) is 12.7. The number of amidine groups is 1. The fraction of sp³-hybridized carbons (Fsp3) is 0.261. The summed E-state index contributed by atoms with van der Waals surface area (Å²) >= 11 is 1.20. The highest BCUT2D eigenvalue weighted by Gasteiger charge is 2.41. The van der Waals surface area contributed by atoms with Crippen LogP contribution in [0.1, 0.15) is 41.3 Å². The van der Waals surface area contributed by atoms with E-state index in [1.54, 1.807) is 29.2 Å². The van der Waals surface area contributed by atoms with E-state index < -0.39 is 11.7 Å². The van der Waals surface area contributed by atoms with Crippen LogP contribution in [0.2, 0.25) is 0 Å². The third-order valence-corrected chi connectivity index (χ3v) is 5.52. The van der Waals surface area contributed by atoms with Gasteiger partial charge in [0.25, 0.3) is 5.04 Å². The molecule has 0 aliphatic carbocycles. The van der Waals surface area contributed by atoms with Gasteiger partial charge < -0.3 is 4.74 Å². The molecule has 0 saturated carbocycles. The van der Waals surface area contributed by atoms with Crippen LogP contribution in [0.3, 0.4) is 0 Å². The fourth-order valence-electron chi connectivity index (χ4n) is 2.91. The van der Waals surface area contributed by atoms with Gasteiger partial charge in [0.15, 0.2) is 0 Å². The van der Waals surface area contributed by atoms with Crippen molar-refractivity contribution >= 4 is 27.9 Å². The van der Waals surface area contributed by atoms with E-state index in [1.807, 2.05) is 13.0 Å². The Morgan fingerprint density at radius 3 is 2.55 bits per heavy atom. The zero-order valence-corrected chi connectivity index (χ0v) is 17.8. The number of thioether (sulfide) groups is 1. The Hall–Kier alpha value is -2.96. The summed E-state index contributed by atoms with van der Waals surface area (Å²) in [6.07, 6.45) is -1.49. The number of amides is 1. The number of hydrogen-bond donors (Lipinski definition) is 0. The standard InChI is InChI=1S/C23H22F3N2O2S/c1-3-5-13-28(21(29)16-9-7-6-8-10-16)22-27-20(31-22)17-11-12-19(30-14-4-2)18(15-17)23(24,25)26/h4,6-12,15H,2-3,5,13-14H2,1H3/q+1. The van der Waals surface area contributed by atoms with Crippen LogP contribution in [0.4, 0.5) is 13.2 Å². The molecule has 3 rings (SSSR count). The molecular formula is C23H22F3N2O2S+. The number of halogens is 3. The van der Waals surface area contributed by atoms with Crippen LogP contribution in [-0.2, 0) is 6.18 Å². The lowest BCUT2D eigenvalue weighted by Crippen LogP contribution is -2.41. The van der Waals surface area contributed by atoms with Gasteiger partial charge in [0.05, 0.1) is 29.4 Å². The van der Waals surface area contributed by atoms with Crippen LogP contribution in [-0.4, -0.2) is 34.2 Å². The lowest BCUT2D eigenvalue weighted by molar-refractivity contribution is -0.138. The van der Waals surface area contributed by atoms with Crippen molar-refractivity contribution in [1.82, 2.24) is 9.57 Å². The topological polar surface area (TPSA) is 43.6 Å². The highest BCUT2D eigenvalue weighted by Crippen LogP contribution is 2.38. The summed E-state index contributed by atoms with van der Waals surface area (Å²) in [5.74, 6) is -0.433. The summed E-state index contributed by atoms with van der Waals surface area (Å²) in [5.41, 5.74) is -0.000128. The molecule has 0 atom stereocenters. The largest absolute Gasteiger partial charge is 0.489 e. The number of ether oxygens (including phenoxy) is 1. The van der Waals surface area contributed by atoms with Crippen molar-refractivity contribution in [3.63, 3.8) is 0 Å². The van der Waals surface area contributed by atoms with Crippen LogP contribution < -0.4 is 9.40 Å². The number of alkyl halides is 3. The average molecular weight is 448 g/mol. The Morgan fingerprint density at radius 2 is 1.94 bits per heavy atom. The Kier molecular flexibility index (Phi) is 7.25. The number of benzene rings is 2. The molecule has 1 aliphatic rings. The molecule has 2 aromatic carbocycles. The molecule has 1 aliphatic heterocycles. The summed E-state index contributed by atoms with van der Waals surface area (Å²) in [7, 11) is 0. The summed E-state index contributed by atoms with van der Waals surface area (Å²) in [6.45, 7) is 5.94. The molecule has 162 valence electrons. The molecule has 31 heavy (non-hydrogen) atoms. The molecule has 0 radical (unpaired) electrons. The van der Waals surface area contributed by atoms with Gasteiger partial charge in [0.2, 0.25) is 0 Å². The molecule has 1 heterocycles. The summed E-state index contributed by atoms with van der Waals surface area (Å²) in [5, 5.41) is 0.913. The SMILES string of the molecule is C=CCOc1ccc(C2=[N+]=C(N(CCCC)C(=O)c3ccccc3)S2)cc1C(F)(F)F. The lowest BCUT2D eigenvalue weighted by atomic mass is 10.1. The Bertz CT molecular complexity index is 1030. The van der Waals surface area contributed by atoms with Crippen molar-refractivity contribution < 1.29 is 22.7 Å². The first-order valence-corrected chi connectivity index (χ1v) is 10.6. The quantitative estimate of drug-likeness (QED) is 0.416. The first-order valence-electron chi connectivity index (χ1n) is 9.81. The molecule has 0 saturated heterocycles. The van der Waals surface area contributed by atoms with E-state index in [0.717, 1.165) is 18.9 Å². The number of rotatable bonds is 8. The van der Waals surface area contributed by atoms with Crippen LogP contribution in [0.25, 0.3) is 0 Å². The molecule has 4 nitrogen and oxygen atoms in total. The maximum Gasteiger partial charge on any atom is 0.424 e. The van der Waals surface area contributed by atoms with Gasteiger partial charge in [-0.25, -0.2) is 4.79 Å². The number of nitrogens with zero attached hydrogens (tertiary/aromatic N) is 2. The van der Waals surface area contributed by atoms with Gasteiger partial charge in [-0.3, -0.25) is 0 Å². The molecule has 0 fully saturated rings. The maximum absolute atomic E-state index is 13.5. The Balaban J connectivity index is 1.93. The molecule has 2 aromatic rings. The van der Waals surface area contributed by atoms with Gasteiger partial charge in [-0.05, 0) is 36.8 Å². The minimum absolute atomic E-state index is 0.0238. The van der Waals surface area contributed by atoms with Crippen molar-refractivity contribution in [3.8, 4) is 5.75 Å². The summed E-state index contributed by atoms with van der Waals surface area (Å²) < 4.78 is 49.9. The van der Waals surface area contributed by atoms with Gasteiger partial charge in [0, 0.05) is 5.56 Å².